The summed E-state index contributed by atoms with van der Waals surface area (Å²) in [4.78, 5) is 16.2. The molecule has 0 saturated carbocycles. The number of hydrogen-bond acceptors (Lipinski definition) is 3. The molecule has 1 amide bonds. The van der Waals surface area contributed by atoms with E-state index in [9.17, 15) is 4.79 Å². The second-order valence-electron chi connectivity index (χ2n) is 5.44. The lowest BCUT2D eigenvalue weighted by atomic mass is 10.1. The molecule has 1 aliphatic heterocycles. The Hall–Kier alpha value is -1.00. The van der Waals surface area contributed by atoms with Gasteiger partial charge in [-0.25, -0.2) is 0 Å². The van der Waals surface area contributed by atoms with Gasteiger partial charge in [0, 0.05) is 19.5 Å². The van der Waals surface area contributed by atoms with Gasteiger partial charge >= 0.3 is 0 Å². The summed E-state index contributed by atoms with van der Waals surface area (Å²) in [6, 6.07) is 10.6. The molecule has 1 saturated heterocycles. The predicted molar refractivity (Wildman–Crippen MR) is 81.4 cm³/mol. The second-order valence-corrected chi connectivity index (χ2v) is 5.81. The molecule has 0 spiro atoms. The van der Waals surface area contributed by atoms with E-state index in [1.165, 1.54) is 5.56 Å². The Balaban J connectivity index is 2.08. The highest BCUT2D eigenvalue weighted by Gasteiger charge is 2.31. The van der Waals surface area contributed by atoms with Gasteiger partial charge in [-0.1, -0.05) is 30.3 Å². The fourth-order valence-corrected chi connectivity index (χ4v) is 2.85. The molecule has 4 heteroatoms. The first-order valence-corrected chi connectivity index (χ1v) is 7.35. The number of likely N-dealkylation sites (N-methyl/N-ethyl adjacent to an activating group) is 1. The van der Waals surface area contributed by atoms with Crippen LogP contribution in [-0.2, 0) is 4.79 Å². The lowest BCUT2D eigenvalue weighted by Crippen LogP contribution is -2.35. The number of nitrogens with zero attached hydrogens (tertiary/aromatic N) is 2. The van der Waals surface area contributed by atoms with E-state index in [2.05, 4.69) is 43.8 Å². The Bertz CT molecular complexity index is 421. The van der Waals surface area contributed by atoms with Gasteiger partial charge in [0.15, 0.2) is 0 Å². The number of thiol groups is 1. The van der Waals surface area contributed by atoms with E-state index >= 15 is 0 Å². The average molecular weight is 278 g/mol. The lowest BCUT2D eigenvalue weighted by Gasteiger charge is -2.29. The smallest absolute Gasteiger partial charge is 0.223 e. The molecule has 3 nitrogen and oxygen atoms in total. The molecular formula is C15H22N2OS. The molecule has 1 aromatic carbocycles. The molecule has 19 heavy (non-hydrogen) atoms. The van der Waals surface area contributed by atoms with Gasteiger partial charge in [0.2, 0.25) is 5.91 Å². The highest BCUT2D eigenvalue weighted by Crippen LogP contribution is 2.24. The van der Waals surface area contributed by atoms with E-state index in [-0.39, 0.29) is 11.9 Å². The third kappa shape index (κ3) is 3.51. The zero-order valence-corrected chi connectivity index (χ0v) is 12.5. The van der Waals surface area contributed by atoms with Gasteiger partial charge in [0.25, 0.3) is 0 Å². The number of rotatable bonds is 5. The summed E-state index contributed by atoms with van der Waals surface area (Å²) in [6.07, 6.45) is 0.651. The molecular weight excluding hydrogens is 256 g/mol. The van der Waals surface area contributed by atoms with Gasteiger partial charge in [0.05, 0.1) is 6.04 Å². The van der Waals surface area contributed by atoms with Crippen LogP contribution in [0.4, 0.5) is 0 Å². The fourth-order valence-electron chi connectivity index (χ4n) is 2.60. The summed E-state index contributed by atoms with van der Waals surface area (Å²) in [6.45, 7) is 1.61. The minimum absolute atomic E-state index is 0.254. The zero-order valence-electron chi connectivity index (χ0n) is 11.6. The van der Waals surface area contributed by atoms with Gasteiger partial charge < -0.3 is 9.80 Å². The molecule has 0 aliphatic carbocycles. The summed E-state index contributed by atoms with van der Waals surface area (Å²) < 4.78 is 0. The van der Waals surface area contributed by atoms with Crippen LogP contribution < -0.4 is 0 Å². The molecule has 2 rings (SSSR count). The van der Waals surface area contributed by atoms with E-state index in [1.807, 2.05) is 23.1 Å². The molecule has 1 aromatic rings. The summed E-state index contributed by atoms with van der Waals surface area (Å²) in [5.74, 6) is 1.47. The Morgan fingerprint density at radius 2 is 2.05 bits per heavy atom. The van der Waals surface area contributed by atoms with Crippen LogP contribution in [0.25, 0.3) is 0 Å². The normalized spacial score (nSPS) is 21.2. The number of benzene rings is 1. The molecule has 1 fully saturated rings. The Morgan fingerprint density at radius 3 is 2.58 bits per heavy atom. The minimum Gasteiger partial charge on any atom is -0.340 e. The number of carbonyl (C=O) groups excluding carboxylic acids is 1. The molecule has 2 atom stereocenters. The van der Waals surface area contributed by atoms with Crippen molar-refractivity contribution in [3.8, 4) is 0 Å². The van der Waals surface area contributed by atoms with Crippen LogP contribution in [0.15, 0.2) is 30.3 Å². The first kappa shape index (κ1) is 14.4. The third-order valence-electron chi connectivity index (χ3n) is 3.75. The second kappa shape index (κ2) is 6.44. The molecule has 0 radical (unpaired) electrons. The van der Waals surface area contributed by atoms with Crippen molar-refractivity contribution in [3.05, 3.63) is 35.9 Å². The molecule has 0 N–H and O–H groups in total. The van der Waals surface area contributed by atoms with Crippen molar-refractivity contribution < 1.29 is 4.79 Å². The van der Waals surface area contributed by atoms with Crippen molar-refractivity contribution in [2.45, 2.75) is 12.5 Å². The first-order valence-electron chi connectivity index (χ1n) is 6.71. The zero-order chi connectivity index (χ0) is 13.8. The summed E-state index contributed by atoms with van der Waals surface area (Å²) in [5, 5.41) is 0. The van der Waals surface area contributed by atoms with Crippen LogP contribution in [0.5, 0.6) is 0 Å². The van der Waals surface area contributed by atoms with Crippen LogP contribution in [0.3, 0.4) is 0 Å². The van der Waals surface area contributed by atoms with Gasteiger partial charge in [-0.2, -0.15) is 12.6 Å². The average Bonchev–Trinajstić information content (AvgIpc) is 2.77. The van der Waals surface area contributed by atoms with Crippen LogP contribution >= 0.6 is 12.6 Å². The van der Waals surface area contributed by atoms with E-state index < -0.39 is 0 Å². The largest absolute Gasteiger partial charge is 0.340 e. The van der Waals surface area contributed by atoms with E-state index in [1.54, 1.807) is 0 Å². The van der Waals surface area contributed by atoms with Crippen molar-refractivity contribution in [2.75, 3.05) is 32.9 Å². The molecule has 104 valence electrons. The van der Waals surface area contributed by atoms with Crippen molar-refractivity contribution in [2.24, 2.45) is 5.92 Å². The highest BCUT2D eigenvalue weighted by molar-refractivity contribution is 7.80. The van der Waals surface area contributed by atoms with Crippen molar-refractivity contribution >= 4 is 18.5 Å². The summed E-state index contributed by atoms with van der Waals surface area (Å²) >= 11 is 4.31. The van der Waals surface area contributed by atoms with Crippen LogP contribution in [-0.4, -0.2) is 48.6 Å². The monoisotopic (exact) mass is 278 g/mol. The maximum atomic E-state index is 12.0. The quantitative estimate of drug-likeness (QED) is 0.834. The van der Waals surface area contributed by atoms with E-state index in [0.29, 0.717) is 12.3 Å². The Labute approximate surface area is 121 Å². The van der Waals surface area contributed by atoms with Crippen molar-refractivity contribution in [1.82, 2.24) is 9.80 Å². The third-order valence-corrected chi connectivity index (χ3v) is 4.27. The SMILES string of the molecule is CN(C)C(CN1CC(CS)CC1=O)c1ccccc1. The van der Waals surface area contributed by atoms with E-state index in [0.717, 1.165) is 18.8 Å². The highest BCUT2D eigenvalue weighted by atomic mass is 32.1. The van der Waals surface area contributed by atoms with Crippen molar-refractivity contribution in [1.29, 1.82) is 0 Å². The fraction of sp³-hybridized carbons (Fsp3) is 0.533. The van der Waals surface area contributed by atoms with Crippen molar-refractivity contribution in [3.63, 3.8) is 0 Å². The Morgan fingerprint density at radius 1 is 1.37 bits per heavy atom. The van der Waals surface area contributed by atoms with E-state index in [4.69, 9.17) is 0 Å². The predicted octanol–water partition coefficient (Wildman–Crippen LogP) is 2.07. The topological polar surface area (TPSA) is 23.6 Å². The van der Waals surface area contributed by atoms with Gasteiger partial charge in [-0.15, -0.1) is 0 Å². The lowest BCUT2D eigenvalue weighted by molar-refractivity contribution is -0.128. The van der Waals surface area contributed by atoms with Crippen LogP contribution in [0.1, 0.15) is 18.0 Å². The van der Waals surface area contributed by atoms with Crippen LogP contribution in [0, 0.1) is 5.92 Å². The van der Waals surface area contributed by atoms with Crippen LogP contribution in [0.2, 0.25) is 0 Å². The molecule has 1 heterocycles. The number of likely N-dealkylation sites (tertiary alicyclic amines) is 1. The van der Waals surface area contributed by atoms with Gasteiger partial charge in [-0.05, 0) is 31.3 Å². The molecule has 0 bridgehead atoms. The number of amides is 1. The Kier molecular flexibility index (Phi) is 4.88. The first-order chi connectivity index (χ1) is 9.11. The molecule has 0 aromatic heterocycles. The minimum atomic E-state index is 0.254. The molecule has 2 unspecified atom stereocenters. The maximum absolute atomic E-state index is 12.0. The number of hydrogen-bond donors (Lipinski definition) is 1. The summed E-state index contributed by atoms with van der Waals surface area (Å²) in [5.41, 5.74) is 1.26. The van der Waals surface area contributed by atoms with Gasteiger partial charge in [-0.3, -0.25) is 4.79 Å². The summed E-state index contributed by atoms with van der Waals surface area (Å²) in [7, 11) is 4.13. The number of carbonyl (C=O) groups is 1. The molecule has 1 aliphatic rings. The standard InChI is InChI=1S/C15H22N2OS/c1-16(2)14(13-6-4-3-5-7-13)10-17-9-12(11-19)8-15(17)18/h3-7,12,14,19H,8-11H2,1-2H3. The van der Waals surface area contributed by atoms with Gasteiger partial charge in [0.1, 0.15) is 0 Å². The maximum Gasteiger partial charge on any atom is 0.223 e.